The maximum atomic E-state index is 3.33. The first-order valence-electron chi connectivity index (χ1n) is 6.31. The highest BCUT2D eigenvalue weighted by molar-refractivity contribution is 5.67. The molecular formula is C18H14N. The van der Waals surface area contributed by atoms with E-state index in [9.17, 15) is 0 Å². The Kier molecular flexibility index (Phi) is 3.28. The van der Waals surface area contributed by atoms with E-state index in [1.807, 2.05) is 54.6 Å². The molecule has 3 aromatic carbocycles. The van der Waals surface area contributed by atoms with Gasteiger partial charge in [-0.1, -0.05) is 54.6 Å². The molecule has 0 heterocycles. The Bertz CT molecular complexity index is 628. The molecule has 0 saturated carbocycles. The first-order chi connectivity index (χ1) is 9.42. The fraction of sp³-hybridized carbons (Fsp3) is 0. The lowest BCUT2D eigenvalue weighted by Gasteiger charge is -2.07. The first-order valence-corrected chi connectivity index (χ1v) is 6.31. The molecule has 1 heteroatoms. The smallest absolute Gasteiger partial charge is 0.0465 e. The van der Waals surface area contributed by atoms with Crippen molar-refractivity contribution < 1.29 is 0 Å². The second kappa shape index (κ2) is 5.40. The van der Waals surface area contributed by atoms with E-state index in [1.54, 1.807) is 0 Å². The summed E-state index contributed by atoms with van der Waals surface area (Å²) in [5, 5.41) is 3.33. The zero-order chi connectivity index (χ0) is 12.9. The lowest BCUT2D eigenvalue weighted by atomic mass is 10.1. The van der Waals surface area contributed by atoms with Crippen LogP contribution in [0.5, 0.6) is 0 Å². The van der Waals surface area contributed by atoms with Gasteiger partial charge in [0.25, 0.3) is 0 Å². The molecule has 3 rings (SSSR count). The van der Waals surface area contributed by atoms with Gasteiger partial charge in [0.2, 0.25) is 0 Å². The number of para-hydroxylation sites is 1. The molecule has 0 saturated heterocycles. The van der Waals surface area contributed by atoms with Crippen molar-refractivity contribution in [1.29, 1.82) is 0 Å². The maximum Gasteiger partial charge on any atom is 0.0465 e. The molecule has 0 atom stereocenters. The third kappa shape index (κ3) is 2.83. The van der Waals surface area contributed by atoms with Gasteiger partial charge in [-0.15, -0.1) is 0 Å². The van der Waals surface area contributed by atoms with E-state index in [4.69, 9.17) is 0 Å². The molecule has 0 aliphatic heterocycles. The third-order valence-corrected chi connectivity index (χ3v) is 2.97. The summed E-state index contributed by atoms with van der Waals surface area (Å²) >= 11 is 0. The Morgan fingerprint density at radius 3 is 1.95 bits per heavy atom. The fourth-order valence-corrected chi connectivity index (χ4v) is 1.99. The number of hydrogen-bond acceptors (Lipinski definition) is 1. The van der Waals surface area contributed by atoms with Gasteiger partial charge in [-0.2, -0.15) is 0 Å². The Hall–Kier alpha value is -2.54. The SMILES string of the molecule is [c]1cc(-c2ccccc2)ccc1Nc1ccccc1. The summed E-state index contributed by atoms with van der Waals surface area (Å²) in [6, 6.07) is 29.9. The van der Waals surface area contributed by atoms with Gasteiger partial charge in [-0.3, -0.25) is 0 Å². The van der Waals surface area contributed by atoms with Gasteiger partial charge in [0, 0.05) is 17.4 Å². The standard InChI is InChI=1S/C18H14N/c1-3-7-15(8-4-1)16-11-13-18(14-12-16)19-17-9-5-2-6-10-17/h1-13,19H. The van der Waals surface area contributed by atoms with Crippen LogP contribution in [0, 0.1) is 6.07 Å². The molecule has 0 aromatic heterocycles. The zero-order valence-corrected chi connectivity index (χ0v) is 10.5. The quantitative estimate of drug-likeness (QED) is 0.691. The van der Waals surface area contributed by atoms with Gasteiger partial charge < -0.3 is 5.32 Å². The molecule has 1 nitrogen and oxygen atoms in total. The summed E-state index contributed by atoms with van der Waals surface area (Å²) in [5.41, 5.74) is 4.45. The summed E-state index contributed by atoms with van der Waals surface area (Å²) in [6.45, 7) is 0. The Morgan fingerprint density at radius 1 is 0.632 bits per heavy atom. The summed E-state index contributed by atoms with van der Waals surface area (Å²) < 4.78 is 0. The number of hydrogen-bond donors (Lipinski definition) is 1. The zero-order valence-electron chi connectivity index (χ0n) is 10.5. The van der Waals surface area contributed by atoms with Gasteiger partial charge >= 0.3 is 0 Å². The van der Waals surface area contributed by atoms with Gasteiger partial charge in [-0.05, 0) is 35.4 Å². The predicted molar refractivity (Wildman–Crippen MR) is 80.4 cm³/mol. The second-order valence-electron chi connectivity index (χ2n) is 4.35. The van der Waals surface area contributed by atoms with Crippen LogP contribution in [-0.2, 0) is 0 Å². The van der Waals surface area contributed by atoms with Gasteiger partial charge in [-0.25, -0.2) is 0 Å². The van der Waals surface area contributed by atoms with Crippen molar-refractivity contribution >= 4 is 11.4 Å². The van der Waals surface area contributed by atoms with Crippen LogP contribution < -0.4 is 5.32 Å². The molecule has 0 spiro atoms. The number of benzene rings is 3. The van der Waals surface area contributed by atoms with Crippen LogP contribution in [0.4, 0.5) is 11.4 Å². The lowest BCUT2D eigenvalue weighted by Crippen LogP contribution is -1.89. The van der Waals surface area contributed by atoms with E-state index >= 15 is 0 Å². The van der Waals surface area contributed by atoms with Crippen LogP contribution in [0.3, 0.4) is 0 Å². The summed E-state index contributed by atoms with van der Waals surface area (Å²) in [4.78, 5) is 0. The van der Waals surface area contributed by atoms with Crippen LogP contribution in [0.2, 0.25) is 0 Å². The van der Waals surface area contributed by atoms with Crippen molar-refractivity contribution in [1.82, 2.24) is 0 Å². The molecule has 0 aliphatic rings. The van der Waals surface area contributed by atoms with Gasteiger partial charge in [0.05, 0.1) is 0 Å². The molecule has 3 aromatic rings. The molecule has 19 heavy (non-hydrogen) atoms. The Balaban J connectivity index is 1.80. The minimum absolute atomic E-state index is 0.978. The maximum absolute atomic E-state index is 3.33. The van der Waals surface area contributed by atoms with E-state index in [1.165, 1.54) is 11.1 Å². The van der Waals surface area contributed by atoms with Gasteiger partial charge in [0.15, 0.2) is 0 Å². The van der Waals surface area contributed by atoms with Crippen LogP contribution in [0.25, 0.3) is 11.1 Å². The summed E-state index contributed by atoms with van der Waals surface area (Å²) in [7, 11) is 0. The van der Waals surface area contributed by atoms with Gasteiger partial charge in [0.1, 0.15) is 0 Å². The van der Waals surface area contributed by atoms with Crippen LogP contribution in [0.1, 0.15) is 0 Å². The predicted octanol–water partition coefficient (Wildman–Crippen LogP) is 4.90. The van der Waals surface area contributed by atoms with E-state index in [0.29, 0.717) is 0 Å². The molecule has 0 amide bonds. The number of nitrogens with one attached hydrogen (secondary N) is 1. The molecule has 1 radical (unpaired) electrons. The highest BCUT2D eigenvalue weighted by atomic mass is 14.9. The second-order valence-corrected chi connectivity index (χ2v) is 4.35. The average molecular weight is 244 g/mol. The molecular weight excluding hydrogens is 230 g/mol. The topological polar surface area (TPSA) is 12.0 Å². The van der Waals surface area contributed by atoms with Crippen LogP contribution in [-0.4, -0.2) is 0 Å². The minimum atomic E-state index is 0.978. The molecule has 1 N–H and O–H groups in total. The van der Waals surface area contributed by atoms with Crippen molar-refractivity contribution in [3.63, 3.8) is 0 Å². The average Bonchev–Trinajstić information content (AvgIpc) is 2.50. The highest BCUT2D eigenvalue weighted by Crippen LogP contribution is 2.22. The van der Waals surface area contributed by atoms with Crippen LogP contribution in [0.15, 0.2) is 78.9 Å². The number of rotatable bonds is 3. The Labute approximate surface area is 113 Å². The molecule has 0 fully saturated rings. The van der Waals surface area contributed by atoms with Crippen molar-refractivity contribution in [2.24, 2.45) is 0 Å². The van der Waals surface area contributed by atoms with Crippen molar-refractivity contribution in [3.8, 4) is 11.1 Å². The summed E-state index contributed by atoms with van der Waals surface area (Å²) in [5.74, 6) is 0. The highest BCUT2D eigenvalue weighted by Gasteiger charge is 1.98. The first kappa shape index (κ1) is 11.5. The van der Waals surface area contributed by atoms with E-state index in [0.717, 1.165) is 11.4 Å². The van der Waals surface area contributed by atoms with Crippen molar-refractivity contribution in [2.75, 3.05) is 5.32 Å². The third-order valence-electron chi connectivity index (χ3n) is 2.97. The molecule has 91 valence electrons. The normalized spacial score (nSPS) is 10.1. The van der Waals surface area contributed by atoms with Crippen LogP contribution >= 0.6 is 0 Å². The van der Waals surface area contributed by atoms with Crippen molar-refractivity contribution in [3.05, 3.63) is 84.9 Å². The van der Waals surface area contributed by atoms with E-state index in [-0.39, 0.29) is 0 Å². The minimum Gasteiger partial charge on any atom is -0.355 e. The Morgan fingerprint density at radius 2 is 1.32 bits per heavy atom. The van der Waals surface area contributed by atoms with Crippen molar-refractivity contribution in [2.45, 2.75) is 0 Å². The molecule has 0 unspecified atom stereocenters. The largest absolute Gasteiger partial charge is 0.355 e. The molecule has 0 aliphatic carbocycles. The number of anilines is 2. The monoisotopic (exact) mass is 244 g/mol. The van der Waals surface area contributed by atoms with E-state index in [2.05, 4.69) is 35.6 Å². The summed E-state index contributed by atoms with van der Waals surface area (Å²) in [6.07, 6.45) is 0. The van der Waals surface area contributed by atoms with E-state index < -0.39 is 0 Å². The lowest BCUT2D eigenvalue weighted by molar-refractivity contribution is 1.53. The fourth-order valence-electron chi connectivity index (χ4n) is 1.99. The molecule has 0 bridgehead atoms.